The van der Waals surface area contributed by atoms with Crippen molar-refractivity contribution in [1.82, 2.24) is 9.88 Å². The molecule has 210 valence electrons. The Morgan fingerprint density at radius 1 is 1.15 bits per heavy atom. The van der Waals surface area contributed by atoms with Gasteiger partial charge in [0.15, 0.2) is 17.3 Å². The molecule has 2 fully saturated rings. The topological polar surface area (TPSA) is 74.7 Å². The molecular weight excluding hydrogens is 522 g/mol. The summed E-state index contributed by atoms with van der Waals surface area (Å²) in [6.45, 7) is 11.9. The monoisotopic (exact) mass is 559 g/mol. The zero-order valence-electron chi connectivity index (χ0n) is 23.4. The standard InChI is InChI=1S/C33H38ClN3O3/c1-5-15-37(16-6-2)33(3)13-11-24(12-14-33)36-30-25-17-22(23-18-27(34)32(39)29(19-23)40-4)9-10-28(25)35-20-26(30)31(38)21-7-8-21/h5-6,9-10,17-21,24,39H,1-2,7-8,11-16H2,3-4H3,(H,35,36). The summed E-state index contributed by atoms with van der Waals surface area (Å²) in [7, 11) is 1.50. The van der Waals surface area contributed by atoms with E-state index in [1.54, 1.807) is 18.3 Å². The summed E-state index contributed by atoms with van der Waals surface area (Å²) >= 11 is 6.31. The number of aromatic hydroxyl groups is 1. The van der Waals surface area contributed by atoms with Gasteiger partial charge in [-0.05, 0) is 80.8 Å². The molecule has 0 saturated heterocycles. The molecule has 0 amide bonds. The molecule has 0 radical (unpaired) electrons. The van der Waals surface area contributed by atoms with Crippen LogP contribution in [0.15, 0.2) is 61.8 Å². The number of hydrogen-bond donors (Lipinski definition) is 2. The molecule has 1 heterocycles. The zero-order chi connectivity index (χ0) is 28.4. The predicted molar refractivity (Wildman–Crippen MR) is 164 cm³/mol. The fourth-order valence-corrected chi connectivity index (χ4v) is 6.12. The van der Waals surface area contributed by atoms with Gasteiger partial charge in [-0.3, -0.25) is 14.7 Å². The Morgan fingerprint density at radius 2 is 1.85 bits per heavy atom. The summed E-state index contributed by atoms with van der Waals surface area (Å²) in [4.78, 5) is 20.5. The van der Waals surface area contributed by atoms with E-state index in [4.69, 9.17) is 16.3 Å². The smallest absolute Gasteiger partial charge is 0.176 e. The zero-order valence-corrected chi connectivity index (χ0v) is 24.1. The fraction of sp³-hybridized carbons (Fsp3) is 0.394. The number of aromatic nitrogens is 1. The number of fused-ring (bicyclic) bond motifs is 1. The number of carbonyl (C=O) groups excluding carboxylic acids is 1. The molecule has 2 aromatic carbocycles. The molecule has 0 aliphatic heterocycles. The van der Waals surface area contributed by atoms with E-state index in [9.17, 15) is 9.90 Å². The lowest BCUT2D eigenvalue weighted by Crippen LogP contribution is -2.50. The maximum absolute atomic E-state index is 13.4. The van der Waals surface area contributed by atoms with Crippen molar-refractivity contribution in [3.05, 3.63) is 72.4 Å². The molecule has 0 bridgehead atoms. The molecule has 0 unspecified atom stereocenters. The lowest BCUT2D eigenvalue weighted by molar-refractivity contribution is 0.0860. The molecule has 7 heteroatoms. The van der Waals surface area contributed by atoms with Crippen LogP contribution in [0.25, 0.3) is 22.0 Å². The number of benzene rings is 2. The number of halogens is 1. The van der Waals surface area contributed by atoms with Crippen LogP contribution < -0.4 is 10.1 Å². The molecule has 2 saturated carbocycles. The number of nitrogens with one attached hydrogen (secondary N) is 1. The molecule has 2 aliphatic carbocycles. The lowest BCUT2D eigenvalue weighted by atomic mass is 9.79. The Balaban J connectivity index is 1.50. The lowest BCUT2D eigenvalue weighted by Gasteiger charge is -2.45. The van der Waals surface area contributed by atoms with Crippen LogP contribution in [-0.4, -0.2) is 52.6 Å². The first-order valence-corrected chi connectivity index (χ1v) is 14.4. The Hall–Kier alpha value is -3.35. The molecule has 2 aliphatic rings. The first-order valence-electron chi connectivity index (χ1n) is 14.0. The number of phenolic OH excluding ortho intramolecular Hbond substituents is 1. The highest BCUT2D eigenvalue weighted by Crippen LogP contribution is 2.42. The van der Waals surface area contributed by atoms with Crippen molar-refractivity contribution in [2.45, 2.75) is 57.0 Å². The van der Waals surface area contributed by atoms with Crippen LogP contribution in [0.1, 0.15) is 55.8 Å². The van der Waals surface area contributed by atoms with E-state index in [1.807, 2.05) is 24.3 Å². The number of anilines is 1. The third kappa shape index (κ3) is 5.61. The summed E-state index contributed by atoms with van der Waals surface area (Å²) in [5.74, 6) is 0.479. The molecule has 40 heavy (non-hydrogen) atoms. The second-order valence-electron chi connectivity index (χ2n) is 11.3. The molecule has 0 spiro atoms. The number of carbonyl (C=O) groups is 1. The van der Waals surface area contributed by atoms with Gasteiger partial charge in [-0.15, -0.1) is 13.2 Å². The van der Waals surface area contributed by atoms with Gasteiger partial charge < -0.3 is 15.2 Å². The molecule has 5 rings (SSSR count). The Labute approximate surface area is 241 Å². The van der Waals surface area contributed by atoms with Crippen LogP contribution in [0.4, 0.5) is 5.69 Å². The van der Waals surface area contributed by atoms with E-state index in [0.717, 1.165) is 79.3 Å². The van der Waals surface area contributed by atoms with Crippen LogP contribution in [0.5, 0.6) is 11.5 Å². The van der Waals surface area contributed by atoms with Crippen molar-refractivity contribution in [1.29, 1.82) is 0 Å². The van der Waals surface area contributed by atoms with Gasteiger partial charge in [0.2, 0.25) is 0 Å². The van der Waals surface area contributed by atoms with E-state index in [-0.39, 0.29) is 34.1 Å². The van der Waals surface area contributed by atoms with Gasteiger partial charge in [-0.1, -0.05) is 29.8 Å². The van der Waals surface area contributed by atoms with Gasteiger partial charge >= 0.3 is 0 Å². The van der Waals surface area contributed by atoms with Crippen LogP contribution >= 0.6 is 11.6 Å². The largest absolute Gasteiger partial charge is 0.503 e. The van der Waals surface area contributed by atoms with E-state index in [1.165, 1.54) is 7.11 Å². The molecule has 0 atom stereocenters. The van der Waals surface area contributed by atoms with Crippen molar-refractivity contribution >= 4 is 34.0 Å². The highest BCUT2D eigenvalue weighted by molar-refractivity contribution is 6.32. The van der Waals surface area contributed by atoms with Gasteiger partial charge in [0.1, 0.15) is 0 Å². The van der Waals surface area contributed by atoms with Crippen LogP contribution in [0.2, 0.25) is 5.02 Å². The minimum Gasteiger partial charge on any atom is -0.503 e. The van der Waals surface area contributed by atoms with E-state index >= 15 is 0 Å². The SMILES string of the molecule is C=CCN(CC=C)C1(C)CCC(Nc2c(C(=O)C3CC3)cnc3ccc(-c4cc(Cl)c(O)c(OC)c4)cc23)CC1. The number of Topliss-reactive ketones (excluding diaryl/α,β-unsaturated/α-hetero) is 1. The predicted octanol–water partition coefficient (Wildman–Crippen LogP) is 7.65. The summed E-state index contributed by atoms with van der Waals surface area (Å²) in [5.41, 5.74) is 4.14. The van der Waals surface area contributed by atoms with E-state index < -0.39 is 0 Å². The van der Waals surface area contributed by atoms with Gasteiger partial charge in [0.25, 0.3) is 0 Å². The Morgan fingerprint density at radius 3 is 2.48 bits per heavy atom. The van der Waals surface area contributed by atoms with Gasteiger partial charge in [0, 0.05) is 42.2 Å². The van der Waals surface area contributed by atoms with Crippen LogP contribution in [0.3, 0.4) is 0 Å². The third-order valence-electron chi connectivity index (χ3n) is 8.54. The highest BCUT2D eigenvalue weighted by atomic mass is 35.5. The van der Waals surface area contributed by atoms with Crippen molar-refractivity contribution in [2.24, 2.45) is 5.92 Å². The van der Waals surface area contributed by atoms with E-state index in [2.05, 4.69) is 41.3 Å². The average molecular weight is 560 g/mol. The molecule has 3 aromatic rings. The number of ether oxygens (including phenoxy) is 1. The summed E-state index contributed by atoms with van der Waals surface area (Å²) in [6.07, 6.45) is 11.6. The minimum absolute atomic E-state index is 0.0812. The number of pyridine rings is 1. The molecule has 6 nitrogen and oxygen atoms in total. The number of rotatable bonds is 11. The molecule has 2 N–H and O–H groups in total. The first kappa shape index (κ1) is 28.2. The van der Waals surface area contributed by atoms with Crippen LogP contribution in [-0.2, 0) is 0 Å². The quantitative estimate of drug-likeness (QED) is 0.186. The van der Waals surface area contributed by atoms with Crippen molar-refractivity contribution in [3.8, 4) is 22.6 Å². The second kappa shape index (κ2) is 11.6. The maximum atomic E-state index is 13.4. The summed E-state index contributed by atoms with van der Waals surface area (Å²) in [6, 6.07) is 9.73. The second-order valence-corrected chi connectivity index (χ2v) is 11.7. The Kier molecular flexibility index (Phi) is 8.20. The highest BCUT2D eigenvalue weighted by Gasteiger charge is 2.37. The minimum atomic E-state index is -0.0842. The number of nitrogens with zero attached hydrogens (tertiary/aromatic N) is 2. The molecular formula is C33H38ClN3O3. The molecule has 1 aromatic heterocycles. The van der Waals surface area contributed by atoms with Crippen LogP contribution in [0, 0.1) is 5.92 Å². The fourth-order valence-electron chi connectivity index (χ4n) is 5.91. The van der Waals surface area contributed by atoms with Gasteiger partial charge in [-0.2, -0.15) is 0 Å². The number of hydrogen-bond acceptors (Lipinski definition) is 6. The van der Waals surface area contributed by atoms with Gasteiger partial charge in [0.05, 0.1) is 28.9 Å². The maximum Gasteiger partial charge on any atom is 0.176 e. The summed E-state index contributed by atoms with van der Waals surface area (Å²) < 4.78 is 5.33. The Bertz CT molecular complexity index is 1430. The number of phenols is 1. The first-order chi connectivity index (χ1) is 19.3. The number of ketones is 1. The third-order valence-corrected chi connectivity index (χ3v) is 8.82. The van der Waals surface area contributed by atoms with Crippen molar-refractivity contribution in [3.63, 3.8) is 0 Å². The van der Waals surface area contributed by atoms with Crippen molar-refractivity contribution < 1.29 is 14.6 Å². The summed E-state index contributed by atoms with van der Waals surface area (Å²) in [5, 5.41) is 15.2. The normalized spacial score (nSPS) is 20.9. The van der Waals surface area contributed by atoms with E-state index in [0.29, 0.717) is 11.3 Å². The average Bonchev–Trinajstić information content (AvgIpc) is 3.81. The van der Waals surface area contributed by atoms with Gasteiger partial charge in [-0.25, -0.2) is 0 Å². The number of methoxy groups -OCH3 is 1. The van der Waals surface area contributed by atoms with Crippen molar-refractivity contribution in [2.75, 3.05) is 25.5 Å².